The van der Waals surface area contributed by atoms with Gasteiger partial charge in [-0.2, -0.15) is 5.10 Å². The molecule has 2 rings (SSSR count). The molecule has 106 valence electrons. The molecule has 0 fully saturated rings. The zero-order valence-corrected chi connectivity index (χ0v) is 11.6. The predicted octanol–water partition coefficient (Wildman–Crippen LogP) is 1.27. The van der Waals surface area contributed by atoms with Crippen molar-refractivity contribution in [3.63, 3.8) is 0 Å². The second-order valence-electron chi connectivity index (χ2n) is 4.55. The van der Waals surface area contributed by atoms with Crippen LogP contribution in [0.1, 0.15) is 11.3 Å². The van der Waals surface area contributed by atoms with Crippen molar-refractivity contribution in [2.45, 2.75) is 13.5 Å². The first-order valence-corrected chi connectivity index (χ1v) is 6.32. The van der Waals surface area contributed by atoms with Gasteiger partial charge in [-0.05, 0) is 25.1 Å². The highest BCUT2D eigenvalue weighted by molar-refractivity contribution is 5.91. The van der Waals surface area contributed by atoms with Gasteiger partial charge in [0.15, 0.2) is 0 Å². The predicted molar refractivity (Wildman–Crippen MR) is 77.4 cm³/mol. The number of carbonyl (C=O) groups excluding carboxylic acids is 1. The SMILES string of the molecule is Cc1nn(C)cc1CNc1cccc(NC(=O)CO)c1. The Kier molecular flexibility index (Phi) is 4.37. The van der Waals surface area contributed by atoms with E-state index < -0.39 is 12.5 Å². The number of rotatable bonds is 5. The van der Waals surface area contributed by atoms with Gasteiger partial charge in [-0.15, -0.1) is 0 Å². The van der Waals surface area contributed by atoms with E-state index in [-0.39, 0.29) is 0 Å². The third kappa shape index (κ3) is 3.58. The summed E-state index contributed by atoms with van der Waals surface area (Å²) in [6.07, 6.45) is 1.97. The van der Waals surface area contributed by atoms with Crippen molar-refractivity contribution in [2.75, 3.05) is 17.2 Å². The summed E-state index contributed by atoms with van der Waals surface area (Å²) in [6.45, 7) is 2.11. The lowest BCUT2D eigenvalue weighted by atomic mass is 10.2. The molecular formula is C14H18N4O2. The Hall–Kier alpha value is -2.34. The Labute approximate surface area is 117 Å². The highest BCUT2D eigenvalue weighted by Crippen LogP contribution is 2.16. The van der Waals surface area contributed by atoms with Crippen molar-refractivity contribution in [2.24, 2.45) is 7.05 Å². The molecule has 0 atom stereocenters. The van der Waals surface area contributed by atoms with Crippen LogP contribution >= 0.6 is 0 Å². The van der Waals surface area contributed by atoms with E-state index in [0.717, 1.165) is 16.9 Å². The maximum atomic E-state index is 11.1. The minimum absolute atomic E-state index is 0.426. The van der Waals surface area contributed by atoms with Crippen LogP contribution < -0.4 is 10.6 Å². The van der Waals surface area contributed by atoms with E-state index in [2.05, 4.69) is 15.7 Å². The van der Waals surface area contributed by atoms with Crippen molar-refractivity contribution in [3.05, 3.63) is 41.7 Å². The van der Waals surface area contributed by atoms with E-state index in [1.165, 1.54) is 0 Å². The number of amides is 1. The maximum absolute atomic E-state index is 11.1. The van der Waals surface area contributed by atoms with Gasteiger partial charge in [0.25, 0.3) is 0 Å². The van der Waals surface area contributed by atoms with Gasteiger partial charge < -0.3 is 15.7 Å². The smallest absolute Gasteiger partial charge is 0.250 e. The lowest BCUT2D eigenvalue weighted by Crippen LogP contribution is -2.15. The summed E-state index contributed by atoms with van der Waals surface area (Å²) < 4.78 is 1.78. The summed E-state index contributed by atoms with van der Waals surface area (Å²) in [5.74, 6) is -0.426. The van der Waals surface area contributed by atoms with Gasteiger partial charge in [-0.3, -0.25) is 9.48 Å². The number of aromatic nitrogens is 2. The largest absolute Gasteiger partial charge is 0.387 e. The Bertz CT molecular complexity index is 607. The third-order valence-corrected chi connectivity index (χ3v) is 2.89. The normalized spacial score (nSPS) is 10.3. The Morgan fingerprint density at radius 3 is 2.80 bits per heavy atom. The van der Waals surface area contributed by atoms with Crippen LogP contribution in [0.3, 0.4) is 0 Å². The number of anilines is 2. The van der Waals surface area contributed by atoms with Crippen molar-refractivity contribution in [1.29, 1.82) is 0 Å². The molecule has 0 saturated heterocycles. The van der Waals surface area contributed by atoms with Gasteiger partial charge in [0.1, 0.15) is 6.61 Å². The molecule has 6 heteroatoms. The monoisotopic (exact) mass is 274 g/mol. The molecule has 1 aromatic heterocycles. The van der Waals surface area contributed by atoms with Crippen molar-refractivity contribution in [1.82, 2.24) is 9.78 Å². The molecular weight excluding hydrogens is 256 g/mol. The van der Waals surface area contributed by atoms with Gasteiger partial charge in [0.2, 0.25) is 5.91 Å². The first kappa shape index (κ1) is 14.1. The van der Waals surface area contributed by atoms with Crippen molar-refractivity contribution >= 4 is 17.3 Å². The molecule has 1 aromatic carbocycles. The molecule has 0 saturated carbocycles. The van der Waals surface area contributed by atoms with E-state index in [0.29, 0.717) is 12.2 Å². The molecule has 1 amide bonds. The number of carbonyl (C=O) groups is 1. The first-order valence-electron chi connectivity index (χ1n) is 6.32. The summed E-state index contributed by atoms with van der Waals surface area (Å²) in [5, 5.41) is 18.9. The number of nitrogens with zero attached hydrogens (tertiary/aromatic N) is 2. The topological polar surface area (TPSA) is 79.2 Å². The molecule has 1 heterocycles. The van der Waals surface area contributed by atoms with Crippen LogP contribution in [0.25, 0.3) is 0 Å². The van der Waals surface area contributed by atoms with Gasteiger partial charge >= 0.3 is 0 Å². The quantitative estimate of drug-likeness (QED) is 0.767. The van der Waals surface area contributed by atoms with E-state index in [1.54, 1.807) is 10.7 Å². The highest BCUT2D eigenvalue weighted by atomic mass is 16.3. The molecule has 6 nitrogen and oxygen atoms in total. The molecule has 20 heavy (non-hydrogen) atoms. The Morgan fingerprint density at radius 2 is 2.15 bits per heavy atom. The number of benzene rings is 1. The minimum Gasteiger partial charge on any atom is -0.387 e. The lowest BCUT2D eigenvalue weighted by Gasteiger charge is -2.08. The van der Waals surface area contributed by atoms with Gasteiger partial charge in [-0.1, -0.05) is 6.07 Å². The third-order valence-electron chi connectivity index (χ3n) is 2.89. The summed E-state index contributed by atoms with van der Waals surface area (Å²) >= 11 is 0. The number of hydrogen-bond acceptors (Lipinski definition) is 4. The number of aliphatic hydroxyl groups excluding tert-OH is 1. The molecule has 0 radical (unpaired) electrons. The van der Waals surface area contributed by atoms with E-state index in [1.807, 2.05) is 38.4 Å². The Balaban J connectivity index is 2.01. The van der Waals surface area contributed by atoms with Crippen LogP contribution in [0.15, 0.2) is 30.5 Å². The minimum atomic E-state index is -0.521. The molecule has 0 aliphatic rings. The average Bonchev–Trinajstić information content (AvgIpc) is 2.75. The molecule has 0 aliphatic heterocycles. The Morgan fingerprint density at radius 1 is 1.40 bits per heavy atom. The molecule has 0 bridgehead atoms. The average molecular weight is 274 g/mol. The maximum Gasteiger partial charge on any atom is 0.250 e. The fourth-order valence-corrected chi connectivity index (χ4v) is 1.93. The zero-order valence-electron chi connectivity index (χ0n) is 11.6. The number of aryl methyl sites for hydroxylation is 2. The van der Waals surface area contributed by atoms with E-state index >= 15 is 0 Å². The van der Waals surface area contributed by atoms with Crippen molar-refractivity contribution < 1.29 is 9.90 Å². The number of aliphatic hydroxyl groups is 1. The van der Waals surface area contributed by atoms with Crippen LogP contribution in [0.2, 0.25) is 0 Å². The molecule has 0 aliphatic carbocycles. The summed E-state index contributed by atoms with van der Waals surface area (Å²) in [6, 6.07) is 7.35. The first-order chi connectivity index (χ1) is 9.58. The molecule has 0 unspecified atom stereocenters. The van der Waals surface area contributed by atoms with E-state index in [9.17, 15) is 4.79 Å². The van der Waals surface area contributed by atoms with Gasteiger partial charge in [0.05, 0.1) is 5.69 Å². The van der Waals surface area contributed by atoms with Crippen molar-refractivity contribution in [3.8, 4) is 0 Å². The van der Waals surface area contributed by atoms with Gasteiger partial charge in [-0.25, -0.2) is 0 Å². The number of nitrogens with one attached hydrogen (secondary N) is 2. The van der Waals surface area contributed by atoms with Crippen LogP contribution in [0, 0.1) is 6.92 Å². The zero-order chi connectivity index (χ0) is 14.5. The highest BCUT2D eigenvalue weighted by Gasteiger charge is 2.04. The second kappa shape index (κ2) is 6.21. The van der Waals surface area contributed by atoms with Gasteiger partial charge in [0, 0.05) is 36.7 Å². The molecule has 3 N–H and O–H groups in total. The molecule has 0 spiro atoms. The standard InChI is InChI=1S/C14H18N4O2/c1-10-11(8-18(2)17-10)7-15-12-4-3-5-13(6-12)16-14(20)9-19/h3-6,8,15,19H,7,9H2,1-2H3,(H,16,20). The number of hydrogen-bond donors (Lipinski definition) is 3. The second-order valence-corrected chi connectivity index (χ2v) is 4.55. The fourth-order valence-electron chi connectivity index (χ4n) is 1.93. The fraction of sp³-hybridized carbons (Fsp3) is 0.286. The van der Waals surface area contributed by atoms with Crippen LogP contribution in [-0.4, -0.2) is 27.4 Å². The van der Waals surface area contributed by atoms with E-state index in [4.69, 9.17) is 5.11 Å². The lowest BCUT2D eigenvalue weighted by molar-refractivity contribution is -0.118. The van der Waals surface area contributed by atoms with Crippen LogP contribution in [0.5, 0.6) is 0 Å². The summed E-state index contributed by atoms with van der Waals surface area (Å²) in [4.78, 5) is 11.1. The summed E-state index contributed by atoms with van der Waals surface area (Å²) in [7, 11) is 1.89. The summed E-state index contributed by atoms with van der Waals surface area (Å²) in [5.41, 5.74) is 3.66. The van der Waals surface area contributed by atoms with Crippen LogP contribution in [-0.2, 0) is 18.4 Å². The van der Waals surface area contributed by atoms with Crippen LogP contribution in [0.4, 0.5) is 11.4 Å². The molecule has 2 aromatic rings.